The summed E-state index contributed by atoms with van der Waals surface area (Å²) in [6, 6.07) is 16.7. The molecule has 0 unspecified atom stereocenters. The van der Waals surface area contributed by atoms with Crippen molar-refractivity contribution in [1.82, 2.24) is 10.2 Å². The Morgan fingerprint density at radius 3 is 2.31 bits per heavy atom. The summed E-state index contributed by atoms with van der Waals surface area (Å²) >= 11 is 5.91. The van der Waals surface area contributed by atoms with Gasteiger partial charge in [0.15, 0.2) is 0 Å². The van der Waals surface area contributed by atoms with Crippen LogP contribution in [0.5, 0.6) is 0 Å². The summed E-state index contributed by atoms with van der Waals surface area (Å²) in [5.74, 6) is -0.202. The minimum absolute atomic E-state index is 0.0676. The Bertz CT molecular complexity index is 717. The van der Waals surface area contributed by atoms with Crippen LogP contribution in [-0.4, -0.2) is 35.8 Å². The maximum atomic E-state index is 12.9. The summed E-state index contributed by atoms with van der Waals surface area (Å²) in [6.45, 7) is 4.68. The zero-order chi connectivity index (χ0) is 18.9. The summed E-state index contributed by atoms with van der Waals surface area (Å²) in [7, 11) is 0. The number of carbonyl (C=O) groups excluding carboxylic acids is 2. The zero-order valence-electron chi connectivity index (χ0n) is 15.2. The molecule has 0 fully saturated rings. The first kappa shape index (κ1) is 20.0. The molecule has 0 radical (unpaired) electrons. The predicted octanol–water partition coefficient (Wildman–Crippen LogP) is 3.48. The number of rotatable bonds is 8. The maximum Gasteiger partial charge on any atom is 0.242 e. The van der Waals surface area contributed by atoms with Gasteiger partial charge in [-0.1, -0.05) is 54.1 Å². The second-order valence-corrected chi connectivity index (χ2v) is 6.63. The summed E-state index contributed by atoms with van der Waals surface area (Å²) in [6.07, 6.45) is 0.951. The molecule has 2 aromatic rings. The molecule has 26 heavy (non-hydrogen) atoms. The molecule has 0 aliphatic rings. The van der Waals surface area contributed by atoms with Crippen LogP contribution < -0.4 is 5.32 Å². The molecule has 138 valence electrons. The van der Waals surface area contributed by atoms with E-state index in [2.05, 4.69) is 5.32 Å². The van der Waals surface area contributed by atoms with Crippen LogP contribution in [0.1, 0.15) is 25.0 Å². The highest BCUT2D eigenvalue weighted by Gasteiger charge is 2.25. The van der Waals surface area contributed by atoms with Gasteiger partial charge in [-0.3, -0.25) is 9.59 Å². The fraction of sp³-hybridized carbons (Fsp3) is 0.333. The smallest absolute Gasteiger partial charge is 0.242 e. The van der Waals surface area contributed by atoms with Gasteiger partial charge in [0.05, 0.1) is 6.42 Å². The van der Waals surface area contributed by atoms with Crippen LogP contribution in [0.25, 0.3) is 0 Å². The Labute approximate surface area is 160 Å². The first-order chi connectivity index (χ1) is 12.5. The first-order valence-corrected chi connectivity index (χ1v) is 9.24. The molecule has 5 heteroatoms. The van der Waals surface area contributed by atoms with Crippen molar-refractivity contribution in [2.45, 2.75) is 32.7 Å². The Balaban J connectivity index is 2.11. The fourth-order valence-corrected chi connectivity index (χ4v) is 2.90. The van der Waals surface area contributed by atoms with Gasteiger partial charge in [-0.25, -0.2) is 0 Å². The van der Waals surface area contributed by atoms with Crippen molar-refractivity contribution >= 4 is 23.4 Å². The lowest BCUT2D eigenvalue weighted by molar-refractivity contribution is -0.139. The third-order valence-electron chi connectivity index (χ3n) is 4.27. The average molecular weight is 373 g/mol. The lowest BCUT2D eigenvalue weighted by Crippen LogP contribution is -2.49. The van der Waals surface area contributed by atoms with Crippen LogP contribution in [0.4, 0.5) is 0 Å². The Morgan fingerprint density at radius 1 is 1.04 bits per heavy atom. The molecule has 1 atom stereocenters. The number of nitrogens with one attached hydrogen (secondary N) is 1. The van der Waals surface area contributed by atoms with Crippen LogP contribution >= 0.6 is 11.6 Å². The Hall–Kier alpha value is -2.33. The van der Waals surface area contributed by atoms with Gasteiger partial charge in [-0.2, -0.15) is 0 Å². The van der Waals surface area contributed by atoms with Gasteiger partial charge < -0.3 is 10.2 Å². The van der Waals surface area contributed by atoms with Crippen molar-refractivity contribution in [3.63, 3.8) is 0 Å². The number of halogens is 1. The van der Waals surface area contributed by atoms with Gasteiger partial charge in [0.1, 0.15) is 6.04 Å². The molecule has 1 N–H and O–H groups in total. The molecule has 0 heterocycles. The number of hydrogen-bond donors (Lipinski definition) is 1. The van der Waals surface area contributed by atoms with E-state index in [1.807, 2.05) is 49.4 Å². The Morgan fingerprint density at radius 2 is 1.69 bits per heavy atom. The molecule has 2 rings (SSSR count). The van der Waals surface area contributed by atoms with E-state index in [1.54, 1.807) is 24.0 Å². The number of likely N-dealkylation sites (N-methyl/N-ethyl adjacent to an activating group) is 1. The molecule has 0 spiro atoms. The molecule has 0 saturated heterocycles. The SMILES string of the molecule is CCNC(=O)[C@@H](C)N(CCc1ccccc1)C(=O)Cc1ccc(Cl)cc1. The number of benzene rings is 2. The second kappa shape index (κ2) is 9.97. The van der Waals surface area contributed by atoms with Crippen LogP contribution in [0.15, 0.2) is 54.6 Å². The molecule has 0 aliphatic heterocycles. The minimum atomic E-state index is -0.515. The van der Waals surface area contributed by atoms with Gasteiger partial charge in [0, 0.05) is 18.1 Å². The van der Waals surface area contributed by atoms with Crippen molar-refractivity contribution in [2.24, 2.45) is 0 Å². The van der Waals surface area contributed by atoms with Crippen molar-refractivity contribution < 1.29 is 9.59 Å². The van der Waals surface area contributed by atoms with E-state index < -0.39 is 6.04 Å². The summed E-state index contributed by atoms with van der Waals surface area (Å²) in [4.78, 5) is 26.8. The van der Waals surface area contributed by atoms with Gasteiger partial charge in [-0.15, -0.1) is 0 Å². The highest BCUT2D eigenvalue weighted by molar-refractivity contribution is 6.30. The van der Waals surface area contributed by atoms with E-state index in [0.717, 1.165) is 11.1 Å². The zero-order valence-corrected chi connectivity index (χ0v) is 16.0. The molecule has 0 bridgehead atoms. The van der Waals surface area contributed by atoms with Crippen molar-refractivity contribution in [2.75, 3.05) is 13.1 Å². The second-order valence-electron chi connectivity index (χ2n) is 6.20. The average Bonchev–Trinajstić information content (AvgIpc) is 2.64. The normalized spacial score (nSPS) is 11.7. The van der Waals surface area contributed by atoms with Crippen molar-refractivity contribution in [1.29, 1.82) is 0 Å². The number of amides is 2. The number of nitrogens with zero attached hydrogens (tertiary/aromatic N) is 1. The largest absolute Gasteiger partial charge is 0.355 e. The molecular weight excluding hydrogens is 348 g/mol. The molecule has 0 saturated carbocycles. The van der Waals surface area contributed by atoms with Gasteiger partial charge in [-0.05, 0) is 43.5 Å². The summed E-state index contributed by atoms with van der Waals surface area (Å²) < 4.78 is 0. The first-order valence-electron chi connectivity index (χ1n) is 8.86. The predicted molar refractivity (Wildman–Crippen MR) is 105 cm³/mol. The number of carbonyl (C=O) groups is 2. The molecule has 0 aromatic heterocycles. The third kappa shape index (κ3) is 5.88. The standard InChI is InChI=1S/C21H25ClN2O2/c1-3-23-21(26)16(2)24(14-13-17-7-5-4-6-8-17)20(25)15-18-9-11-19(22)12-10-18/h4-12,16H,3,13-15H2,1-2H3,(H,23,26)/t16-/m1/s1. The molecule has 4 nitrogen and oxygen atoms in total. The van der Waals surface area contributed by atoms with Gasteiger partial charge in [0.2, 0.25) is 11.8 Å². The molecule has 2 amide bonds. The van der Waals surface area contributed by atoms with Crippen molar-refractivity contribution in [3.8, 4) is 0 Å². The van der Waals surface area contributed by atoms with Crippen LogP contribution in [-0.2, 0) is 22.4 Å². The lowest BCUT2D eigenvalue weighted by Gasteiger charge is -2.28. The lowest BCUT2D eigenvalue weighted by atomic mass is 10.1. The fourth-order valence-electron chi connectivity index (χ4n) is 2.77. The van der Waals surface area contributed by atoms with Crippen LogP contribution in [0.3, 0.4) is 0 Å². The quantitative estimate of drug-likeness (QED) is 0.771. The van der Waals surface area contributed by atoms with E-state index in [9.17, 15) is 9.59 Å². The highest BCUT2D eigenvalue weighted by Crippen LogP contribution is 2.13. The van der Waals surface area contributed by atoms with Gasteiger partial charge >= 0.3 is 0 Å². The summed E-state index contributed by atoms with van der Waals surface area (Å²) in [5, 5.41) is 3.44. The monoisotopic (exact) mass is 372 g/mol. The topological polar surface area (TPSA) is 49.4 Å². The van der Waals surface area contributed by atoms with E-state index in [1.165, 1.54) is 0 Å². The van der Waals surface area contributed by atoms with Crippen molar-refractivity contribution in [3.05, 3.63) is 70.7 Å². The summed E-state index contributed by atoms with van der Waals surface area (Å²) in [5.41, 5.74) is 2.02. The van der Waals surface area contributed by atoms with E-state index in [-0.39, 0.29) is 18.2 Å². The van der Waals surface area contributed by atoms with E-state index in [0.29, 0.717) is 24.5 Å². The maximum absolute atomic E-state index is 12.9. The minimum Gasteiger partial charge on any atom is -0.355 e. The highest BCUT2D eigenvalue weighted by atomic mass is 35.5. The molecule has 2 aromatic carbocycles. The van der Waals surface area contributed by atoms with E-state index in [4.69, 9.17) is 11.6 Å². The molecular formula is C21H25ClN2O2. The van der Waals surface area contributed by atoms with Gasteiger partial charge in [0.25, 0.3) is 0 Å². The Kier molecular flexibility index (Phi) is 7.67. The van der Waals surface area contributed by atoms with Crippen LogP contribution in [0, 0.1) is 0 Å². The molecule has 0 aliphatic carbocycles. The van der Waals surface area contributed by atoms with Crippen LogP contribution in [0.2, 0.25) is 5.02 Å². The third-order valence-corrected chi connectivity index (χ3v) is 4.52. The number of hydrogen-bond acceptors (Lipinski definition) is 2. The van der Waals surface area contributed by atoms with E-state index >= 15 is 0 Å².